The smallest absolute Gasteiger partial charge is 0.243 e. The van der Waals surface area contributed by atoms with E-state index in [0.29, 0.717) is 18.0 Å². The van der Waals surface area contributed by atoms with Gasteiger partial charge >= 0.3 is 0 Å². The van der Waals surface area contributed by atoms with Gasteiger partial charge in [0.2, 0.25) is 10.0 Å². The van der Waals surface area contributed by atoms with Gasteiger partial charge in [-0.25, -0.2) is 8.42 Å². The molecule has 1 fully saturated rings. The van der Waals surface area contributed by atoms with Crippen LogP contribution in [0.1, 0.15) is 29.5 Å². The first-order chi connectivity index (χ1) is 10.3. The fourth-order valence-electron chi connectivity index (χ4n) is 3.23. The summed E-state index contributed by atoms with van der Waals surface area (Å²) < 4.78 is 38.4. The lowest BCUT2D eigenvalue weighted by Crippen LogP contribution is -2.38. The topological polar surface area (TPSA) is 55.8 Å². The van der Waals surface area contributed by atoms with E-state index in [4.69, 9.17) is 9.47 Å². The molecule has 0 aromatic heterocycles. The highest BCUT2D eigenvalue weighted by Crippen LogP contribution is 2.34. The predicted molar refractivity (Wildman–Crippen MR) is 86.0 cm³/mol. The number of aryl methyl sites for hydroxylation is 1. The average molecular weight is 327 g/mol. The zero-order valence-corrected chi connectivity index (χ0v) is 14.8. The van der Waals surface area contributed by atoms with E-state index in [1.807, 2.05) is 20.8 Å². The Morgan fingerprint density at radius 1 is 1.23 bits per heavy atom. The largest absolute Gasteiger partial charge is 0.496 e. The van der Waals surface area contributed by atoms with Crippen molar-refractivity contribution in [2.75, 3.05) is 27.4 Å². The normalized spacial score (nSPS) is 19.6. The molecular weight excluding hydrogens is 302 g/mol. The number of rotatable bonds is 5. The minimum Gasteiger partial charge on any atom is -0.496 e. The summed E-state index contributed by atoms with van der Waals surface area (Å²) in [6, 6.07) is 1.73. The van der Waals surface area contributed by atoms with Gasteiger partial charge in [0.1, 0.15) is 5.75 Å². The highest BCUT2D eigenvalue weighted by Gasteiger charge is 2.37. The van der Waals surface area contributed by atoms with Crippen molar-refractivity contribution in [1.29, 1.82) is 0 Å². The molecule has 0 saturated carbocycles. The molecule has 0 radical (unpaired) electrons. The van der Waals surface area contributed by atoms with Crippen LogP contribution in [0, 0.1) is 20.8 Å². The third-order valence-electron chi connectivity index (χ3n) is 4.45. The second-order valence-corrected chi connectivity index (χ2v) is 7.67. The SMILES string of the molecule is COC[C@@H]1CCCN1S(=O)(=O)c1c(C)cc(OC)c(C)c1C. The summed E-state index contributed by atoms with van der Waals surface area (Å²) in [6.45, 7) is 6.55. The number of nitrogens with zero attached hydrogens (tertiary/aromatic N) is 1. The van der Waals surface area contributed by atoms with Crippen molar-refractivity contribution >= 4 is 10.0 Å². The summed E-state index contributed by atoms with van der Waals surface area (Å²) in [5.74, 6) is 0.726. The van der Waals surface area contributed by atoms with Gasteiger partial charge < -0.3 is 9.47 Å². The number of ether oxygens (including phenoxy) is 2. The number of methoxy groups -OCH3 is 2. The van der Waals surface area contributed by atoms with Crippen molar-refractivity contribution in [3.8, 4) is 5.75 Å². The van der Waals surface area contributed by atoms with Crippen LogP contribution in [0.2, 0.25) is 0 Å². The van der Waals surface area contributed by atoms with Crippen molar-refractivity contribution in [2.45, 2.75) is 44.6 Å². The van der Waals surface area contributed by atoms with E-state index in [1.54, 1.807) is 24.6 Å². The molecule has 6 heteroatoms. The van der Waals surface area contributed by atoms with Gasteiger partial charge in [-0.3, -0.25) is 0 Å². The molecule has 1 aromatic rings. The highest BCUT2D eigenvalue weighted by molar-refractivity contribution is 7.89. The maximum absolute atomic E-state index is 13.1. The zero-order chi connectivity index (χ0) is 16.5. The number of hydrogen-bond acceptors (Lipinski definition) is 4. The maximum atomic E-state index is 13.1. The van der Waals surface area contributed by atoms with Crippen molar-refractivity contribution in [1.82, 2.24) is 4.31 Å². The van der Waals surface area contributed by atoms with Gasteiger partial charge in [0.15, 0.2) is 0 Å². The summed E-state index contributed by atoms with van der Waals surface area (Å²) in [5.41, 5.74) is 2.36. The number of benzene rings is 1. The first-order valence-electron chi connectivity index (χ1n) is 7.50. The van der Waals surface area contributed by atoms with E-state index < -0.39 is 10.0 Å². The Kier molecular flexibility index (Phi) is 5.14. The minimum absolute atomic E-state index is 0.0730. The Labute approximate surface area is 133 Å². The Hall–Kier alpha value is -1.11. The van der Waals surface area contributed by atoms with Crippen LogP contribution in [0.3, 0.4) is 0 Å². The second-order valence-electron chi connectivity index (χ2n) is 5.84. The van der Waals surface area contributed by atoms with Crippen LogP contribution in [0.4, 0.5) is 0 Å². The molecule has 0 spiro atoms. The Morgan fingerprint density at radius 2 is 1.91 bits per heavy atom. The number of sulfonamides is 1. The van der Waals surface area contributed by atoms with Crippen LogP contribution >= 0.6 is 0 Å². The van der Waals surface area contributed by atoms with Crippen LogP contribution in [0.15, 0.2) is 11.0 Å². The zero-order valence-electron chi connectivity index (χ0n) is 14.0. The molecule has 22 heavy (non-hydrogen) atoms. The summed E-state index contributed by atoms with van der Waals surface area (Å²) in [5, 5.41) is 0. The van der Waals surface area contributed by atoms with Crippen molar-refractivity contribution in [3.05, 3.63) is 22.8 Å². The lowest BCUT2D eigenvalue weighted by atomic mass is 10.1. The molecule has 1 aromatic carbocycles. The monoisotopic (exact) mass is 327 g/mol. The van der Waals surface area contributed by atoms with Gasteiger partial charge in [-0.05, 0) is 56.4 Å². The molecule has 1 atom stereocenters. The molecule has 1 aliphatic rings. The summed E-state index contributed by atoms with van der Waals surface area (Å²) in [6.07, 6.45) is 1.72. The fraction of sp³-hybridized carbons (Fsp3) is 0.625. The minimum atomic E-state index is -3.52. The van der Waals surface area contributed by atoms with Crippen LogP contribution in [0.25, 0.3) is 0 Å². The second kappa shape index (κ2) is 6.56. The predicted octanol–water partition coefficient (Wildman–Crippen LogP) is 2.42. The van der Waals surface area contributed by atoms with Gasteiger partial charge in [-0.2, -0.15) is 4.31 Å². The van der Waals surface area contributed by atoms with E-state index in [1.165, 1.54) is 0 Å². The molecule has 1 saturated heterocycles. The molecule has 1 heterocycles. The lowest BCUT2D eigenvalue weighted by Gasteiger charge is -2.26. The molecular formula is C16H25NO4S. The third-order valence-corrected chi connectivity index (χ3v) is 6.69. The first kappa shape index (κ1) is 17.2. The maximum Gasteiger partial charge on any atom is 0.243 e. The third kappa shape index (κ3) is 2.87. The Balaban J connectivity index is 2.53. The van der Waals surface area contributed by atoms with Crippen LogP contribution in [0.5, 0.6) is 5.75 Å². The van der Waals surface area contributed by atoms with E-state index in [2.05, 4.69) is 0 Å². The lowest BCUT2D eigenvalue weighted by molar-refractivity contribution is 0.149. The van der Waals surface area contributed by atoms with Crippen molar-refractivity contribution in [3.63, 3.8) is 0 Å². The molecule has 2 rings (SSSR count). The van der Waals surface area contributed by atoms with Crippen LogP contribution in [-0.2, 0) is 14.8 Å². The highest BCUT2D eigenvalue weighted by atomic mass is 32.2. The number of hydrogen-bond donors (Lipinski definition) is 0. The van der Waals surface area contributed by atoms with E-state index >= 15 is 0 Å². The Morgan fingerprint density at radius 3 is 2.50 bits per heavy atom. The molecule has 0 aliphatic carbocycles. The van der Waals surface area contributed by atoms with Gasteiger partial charge in [-0.15, -0.1) is 0 Å². The van der Waals surface area contributed by atoms with Gasteiger partial charge in [0.25, 0.3) is 0 Å². The Bertz CT molecular complexity index is 655. The van der Waals surface area contributed by atoms with E-state index in [-0.39, 0.29) is 6.04 Å². The van der Waals surface area contributed by atoms with Crippen molar-refractivity contribution in [2.24, 2.45) is 0 Å². The van der Waals surface area contributed by atoms with Crippen LogP contribution < -0.4 is 4.74 Å². The van der Waals surface area contributed by atoms with Crippen molar-refractivity contribution < 1.29 is 17.9 Å². The average Bonchev–Trinajstić information content (AvgIpc) is 2.92. The summed E-state index contributed by atoms with van der Waals surface area (Å²) in [7, 11) is -0.311. The fourth-order valence-corrected chi connectivity index (χ4v) is 5.40. The van der Waals surface area contributed by atoms with Gasteiger partial charge in [-0.1, -0.05) is 0 Å². The van der Waals surface area contributed by atoms with E-state index in [0.717, 1.165) is 35.3 Å². The van der Waals surface area contributed by atoms with E-state index in [9.17, 15) is 8.42 Å². The molecule has 0 amide bonds. The van der Waals surface area contributed by atoms with Gasteiger partial charge in [0.05, 0.1) is 18.6 Å². The molecule has 0 unspecified atom stereocenters. The quantitative estimate of drug-likeness (QED) is 0.833. The summed E-state index contributed by atoms with van der Waals surface area (Å²) in [4.78, 5) is 0.411. The molecule has 1 aliphatic heterocycles. The standard InChI is InChI=1S/C16H25NO4S/c1-11-9-15(21-5)12(2)13(3)16(11)22(18,19)17-8-6-7-14(17)10-20-4/h9,14H,6-8,10H2,1-5H3/t14-/m0/s1. The molecule has 5 nitrogen and oxygen atoms in total. The molecule has 124 valence electrons. The molecule has 0 bridgehead atoms. The van der Waals surface area contributed by atoms with Crippen LogP contribution in [-0.4, -0.2) is 46.1 Å². The summed E-state index contributed by atoms with van der Waals surface area (Å²) >= 11 is 0. The van der Waals surface area contributed by atoms with Gasteiger partial charge in [0, 0.05) is 19.7 Å². The first-order valence-corrected chi connectivity index (χ1v) is 8.94. The molecule has 0 N–H and O–H groups in total.